The van der Waals surface area contributed by atoms with Gasteiger partial charge in [-0.05, 0) is 35.7 Å². The predicted molar refractivity (Wildman–Crippen MR) is 91.0 cm³/mol. The third kappa shape index (κ3) is 2.34. The fourth-order valence-electron chi connectivity index (χ4n) is 1.98. The summed E-state index contributed by atoms with van der Waals surface area (Å²) in [6.07, 6.45) is 0. The van der Waals surface area contributed by atoms with Gasteiger partial charge in [-0.3, -0.25) is 4.79 Å². The molecule has 0 bridgehead atoms. The van der Waals surface area contributed by atoms with Gasteiger partial charge in [0.15, 0.2) is 0 Å². The molecule has 3 aromatic rings. The number of rotatable bonds is 2. The topological polar surface area (TPSA) is 46.3 Å². The van der Waals surface area contributed by atoms with Crippen LogP contribution < -0.4 is 10.6 Å². The number of amides is 1. The number of hydrogen-bond acceptors (Lipinski definition) is 4. The van der Waals surface area contributed by atoms with Gasteiger partial charge in [-0.25, -0.2) is 0 Å². The van der Waals surface area contributed by atoms with E-state index in [1.807, 2.05) is 29.6 Å². The summed E-state index contributed by atoms with van der Waals surface area (Å²) >= 11 is 6.53. The minimum Gasteiger partial charge on any atom is -0.397 e. The maximum atomic E-state index is 12.5. The lowest BCUT2D eigenvalue weighted by molar-refractivity contribution is 0.0997. The van der Waals surface area contributed by atoms with Crippen LogP contribution in [0, 0.1) is 0 Å². The number of benzene rings is 1. The van der Waals surface area contributed by atoms with Gasteiger partial charge in [-0.1, -0.05) is 15.9 Å². The number of nitrogen functional groups attached to an aromatic ring is 1. The van der Waals surface area contributed by atoms with E-state index >= 15 is 0 Å². The highest BCUT2D eigenvalue weighted by Crippen LogP contribution is 2.32. The quantitative estimate of drug-likeness (QED) is 0.674. The van der Waals surface area contributed by atoms with Crippen molar-refractivity contribution in [2.45, 2.75) is 0 Å². The van der Waals surface area contributed by atoms with Crippen molar-refractivity contribution in [3.63, 3.8) is 0 Å². The molecule has 6 heteroatoms. The van der Waals surface area contributed by atoms with Crippen molar-refractivity contribution in [2.75, 3.05) is 17.7 Å². The second kappa shape index (κ2) is 5.20. The monoisotopic (exact) mass is 366 g/mol. The van der Waals surface area contributed by atoms with Gasteiger partial charge in [0.05, 0.1) is 16.3 Å². The lowest BCUT2D eigenvalue weighted by Crippen LogP contribution is -2.26. The van der Waals surface area contributed by atoms with Gasteiger partial charge < -0.3 is 10.6 Å². The molecule has 3 nitrogen and oxygen atoms in total. The van der Waals surface area contributed by atoms with Gasteiger partial charge in [-0.2, -0.15) is 0 Å². The molecule has 0 aliphatic heterocycles. The molecule has 0 radical (unpaired) electrons. The first-order valence-electron chi connectivity index (χ1n) is 5.86. The molecule has 20 heavy (non-hydrogen) atoms. The summed E-state index contributed by atoms with van der Waals surface area (Å²) in [6.45, 7) is 0. The number of nitrogens with zero attached hydrogens (tertiary/aromatic N) is 1. The molecule has 0 fully saturated rings. The summed E-state index contributed by atoms with van der Waals surface area (Å²) in [4.78, 5) is 14.9. The molecule has 0 aliphatic carbocycles. The summed E-state index contributed by atoms with van der Waals surface area (Å²) in [5.74, 6) is -0.0348. The number of hydrogen-bond donors (Lipinski definition) is 1. The van der Waals surface area contributed by atoms with E-state index in [4.69, 9.17) is 5.73 Å². The van der Waals surface area contributed by atoms with Crippen molar-refractivity contribution in [2.24, 2.45) is 0 Å². The van der Waals surface area contributed by atoms with Gasteiger partial charge in [0.25, 0.3) is 5.91 Å². The number of anilines is 2. The number of carbonyl (C=O) groups is 1. The number of halogens is 1. The molecule has 102 valence electrons. The van der Waals surface area contributed by atoms with E-state index in [2.05, 4.69) is 15.9 Å². The molecule has 0 unspecified atom stereocenters. The second-order valence-electron chi connectivity index (χ2n) is 4.33. The molecule has 3 rings (SSSR count). The highest BCUT2D eigenvalue weighted by molar-refractivity contribution is 9.10. The molecule has 1 aromatic carbocycles. The van der Waals surface area contributed by atoms with Crippen LogP contribution in [0.2, 0.25) is 0 Å². The Morgan fingerprint density at radius 2 is 2.05 bits per heavy atom. The first-order chi connectivity index (χ1) is 9.56. The van der Waals surface area contributed by atoms with E-state index in [0.717, 1.165) is 24.4 Å². The van der Waals surface area contributed by atoms with E-state index in [1.54, 1.807) is 29.4 Å². The van der Waals surface area contributed by atoms with Crippen molar-refractivity contribution in [3.8, 4) is 0 Å². The van der Waals surface area contributed by atoms with Gasteiger partial charge in [0.1, 0.15) is 0 Å². The Hall–Kier alpha value is -1.37. The third-order valence-corrected chi connectivity index (χ3v) is 5.58. The Labute approximate surface area is 132 Å². The second-order valence-corrected chi connectivity index (χ2v) is 7.27. The standard InChI is InChI=1S/C14H11BrN2OS2/c1-17(10-3-2-8(15)6-9(10)16)14(18)13-7-12-11(20-13)4-5-19-12/h2-7H,16H2,1H3. The Morgan fingerprint density at radius 3 is 2.75 bits per heavy atom. The summed E-state index contributed by atoms with van der Waals surface area (Å²) in [6, 6.07) is 9.50. The van der Waals surface area contributed by atoms with Crippen molar-refractivity contribution in [1.29, 1.82) is 0 Å². The number of carbonyl (C=O) groups excluding carboxylic acids is 1. The van der Waals surface area contributed by atoms with Crippen LogP contribution in [-0.4, -0.2) is 13.0 Å². The molecule has 0 spiro atoms. The number of thiophene rings is 2. The van der Waals surface area contributed by atoms with Crippen molar-refractivity contribution in [1.82, 2.24) is 0 Å². The van der Waals surface area contributed by atoms with Crippen LogP contribution in [-0.2, 0) is 0 Å². The summed E-state index contributed by atoms with van der Waals surface area (Å²) < 4.78 is 3.20. The molecule has 0 aliphatic rings. The van der Waals surface area contributed by atoms with Crippen molar-refractivity contribution >= 4 is 65.3 Å². The average Bonchev–Trinajstić information content (AvgIpc) is 2.97. The van der Waals surface area contributed by atoms with E-state index < -0.39 is 0 Å². The van der Waals surface area contributed by atoms with Crippen LogP contribution >= 0.6 is 38.6 Å². The molecule has 0 saturated heterocycles. The Morgan fingerprint density at radius 1 is 1.25 bits per heavy atom. The summed E-state index contributed by atoms with van der Waals surface area (Å²) in [5.41, 5.74) is 7.27. The van der Waals surface area contributed by atoms with Crippen molar-refractivity contribution in [3.05, 3.63) is 45.1 Å². The van der Waals surface area contributed by atoms with Crippen LogP contribution in [0.5, 0.6) is 0 Å². The Bertz CT molecular complexity index is 765. The number of nitrogens with two attached hydrogens (primary N) is 1. The van der Waals surface area contributed by atoms with Gasteiger partial charge in [0, 0.05) is 20.9 Å². The molecule has 2 aromatic heterocycles. The minimum atomic E-state index is -0.0348. The van der Waals surface area contributed by atoms with Crippen LogP contribution in [0.4, 0.5) is 11.4 Å². The maximum Gasteiger partial charge on any atom is 0.268 e. The first-order valence-corrected chi connectivity index (χ1v) is 8.35. The minimum absolute atomic E-state index is 0.0348. The van der Waals surface area contributed by atoms with Crippen LogP contribution in [0.15, 0.2) is 40.2 Å². The van der Waals surface area contributed by atoms with Gasteiger partial charge >= 0.3 is 0 Å². The molecule has 2 heterocycles. The SMILES string of the molecule is CN(C(=O)c1cc2sccc2s1)c1ccc(Br)cc1N. The van der Waals surface area contributed by atoms with Crippen LogP contribution in [0.25, 0.3) is 9.40 Å². The first kappa shape index (κ1) is 13.6. The molecule has 0 atom stereocenters. The van der Waals surface area contributed by atoms with E-state index in [9.17, 15) is 4.79 Å². The summed E-state index contributed by atoms with van der Waals surface area (Å²) in [7, 11) is 1.75. The summed E-state index contributed by atoms with van der Waals surface area (Å²) in [5, 5.41) is 2.03. The van der Waals surface area contributed by atoms with Gasteiger partial charge in [-0.15, -0.1) is 22.7 Å². The third-order valence-electron chi connectivity index (χ3n) is 3.01. The van der Waals surface area contributed by atoms with E-state index in [-0.39, 0.29) is 5.91 Å². The highest BCUT2D eigenvalue weighted by atomic mass is 79.9. The van der Waals surface area contributed by atoms with Crippen LogP contribution in [0.1, 0.15) is 9.67 Å². The lowest BCUT2D eigenvalue weighted by Gasteiger charge is -2.18. The fraction of sp³-hybridized carbons (Fsp3) is 0.0714. The largest absolute Gasteiger partial charge is 0.397 e. The fourth-order valence-corrected chi connectivity index (χ4v) is 4.44. The predicted octanol–water partition coefficient (Wildman–Crippen LogP) is 4.58. The molecular formula is C14H11BrN2OS2. The highest BCUT2D eigenvalue weighted by Gasteiger charge is 2.18. The van der Waals surface area contributed by atoms with Crippen molar-refractivity contribution < 1.29 is 4.79 Å². The number of fused-ring (bicyclic) bond motifs is 1. The molecule has 1 amide bonds. The Kier molecular flexibility index (Phi) is 3.54. The van der Waals surface area contributed by atoms with Gasteiger partial charge in [0.2, 0.25) is 0 Å². The molecule has 2 N–H and O–H groups in total. The molecular weight excluding hydrogens is 356 g/mol. The zero-order chi connectivity index (χ0) is 14.3. The van der Waals surface area contributed by atoms with E-state index in [1.165, 1.54) is 11.3 Å². The normalized spacial score (nSPS) is 10.9. The average molecular weight is 367 g/mol. The lowest BCUT2D eigenvalue weighted by atomic mass is 10.2. The van der Waals surface area contributed by atoms with E-state index in [0.29, 0.717) is 5.69 Å². The maximum absolute atomic E-state index is 12.5. The Balaban J connectivity index is 1.95. The van der Waals surface area contributed by atoms with Crippen LogP contribution in [0.3, 0.4) is 0 Å². The zero-order valence-corrected chi connectivity index (χ0v) is 13.8. The molecule has 0 saturated carbocycles. The smallest absolute Gasteiger partial charge is 0.268 e. The zero-order valence-electron chi connectivity index (χ0n) is 10.6.